The molecule has 2 heteroatoms. The van der Waals surface area contributed by atoms with Gasteiger partial charge < -0.3 is 9.47 Å². The summed E-state index contributed by atoms with van der Waals surface area (Å²) in [5.41, 5.74) is 1.26. The van der Waals surface area contributed by atoms with Crippen molar-refractivity contribution in [1.82, 2.24) is 0 Å². The highest BCUT2D eigenvalue weighted by atomic mass is 16.7. The summed E-state index contributed by atoms with van der Waals surface area (Å²) in [5.74, 6) is 0. The zero-order chi connectivity index (χ0) is 9.80. The van der Waals surface area contributed by atoms with Crippen LogP contribution in [0.5, 0.6) is 0 Å². The zero-order valence-corrected chi connectivity index (χ0v) is 8.48. The van der Waals surface area contributed by atoms with E-state index in [1.165, 1.54) is 12.0 Å². The molecule has 1 aliphatic heterocycles. The second kappa shape index (κ2) is 4.58. The van der Waals surface area contributed by atoms with Crippen molar-refractivity contribution < 1.29 is 9.47 Å². The Morgan fingerprint density at radius 2 is 2.00 bits per heavy atom. The van der Waals surface area contributed by atoms with E-state index in [9.17, 15) is 0 Å². The van der Waals surface area contributed by atoms with Gasteiger partial charge in [-0.25, -0.2) is 0 Å². The molecule has 1 aromatic rings. The minimum Gasteiger partial charge on any atom is -0.356 e. The predicted molar refractivity (Wildman–Crippen MR) is 54.9 cm³/mol. The summed E-state index contributed by atoms with van der Waals surface area (Å²) in [4.78, 5) is 0. The number of hydrogen-bond acceptors (Lipinski definition) is 2. The fourth-order valence-electron chi connectivity index (χ4n) is 1.88. The van der Waals surface area contributed by atoms with Crippen LogP contribution in [0.15, 0.2) is 30.3 Å². The minimum absolute atomic E-state index is 0.0195. The van der Waals surface area contributed by atoms with Gasteiger partial charge in [0.15, 0.2) is 6.29 Å². The van der Waals surface area contributed by atoms with Crippen molar-refractivity contribution >= 4 is 0 Å². The molecule has 0 amide bonds. The molecule has 0 bridgehead atoms. The lowest BCUT2D eigenvalue weighted by Gasteiger charge is -2.29. The highest BCUT2D eigenvalue weighted by Gasteiger charge is 2.22. The van der Waals surface area contributed by atoms with Crippen molar-refractivity contribution in [2.45, 2.75) is 31.7 Å². The Bertz CT molecular complexity index is 271. The quantitative estimate of drug-likeness (QED) is 0.717. The highest BCUT2D eigenvalue weighted by molar-refractivity contribution is 5.17. The van der Waals surface area contributed by atoms with E-state index in [-0.39, 0.29) is 12.4 Å². The summed E-state index contributed by atoms with van der Waals surface area (Å²) >= 11 is 0. The van der Waals surface area contributed by atoms with Crippen LogP contribution < -0.4 is 0 Å². The number of rotatable bonds is 2. The summed E-state index contributed by atoms with van der Waals surface area (Å²) in [6.07, 6.45) is 3.49. The number of ether oxygens (including phenoxy) is 2. The average molecular weight is 192 g/mol. The molecule has 1 heterocycles. The van der Waals surface area contributed by atoms with E-state index in [2.05, 4.69) is 24.3 Å². The van der Waals surface area contributed by atoms with Gasteiger partial charge in [0.05, 0.1) is 6.10 Å². The van der Waals surface area contributed by atoms with Crippen LogP contribution >= 0.6 is 0 Å². The van der Waals surface area contributed by atoms with Gasteiger partial charge in [0.25, 0.3) is 0 Å². The van der Waals surface area contributed by atoms with Gasteiger partial charge in [-0.1, -0.05) is 30.3 Å². The lowest BCUT2D eigenvalue weighted by atomic mass is 10.0. The van der Waals surface area contributed by atoms with Gasteiger partial charge in [0.1, 0.15) is 0 Å². The van der Waals surface area contributed by atoms with Crippen LogP contribution in [0.4, 0.5) is 0 Å². The van der Waals surface area contributed by atoms with Crippen LogP contribution in [-0.4, -0.2) is 13.4 Å². The standard InChI is InChI=1S/C12H16O2/c1-13-12-9-5-8-11(14-12)10-6-3-2-4-7-10/h2-4,6-7,11-12H,5,8-9H2,1H3/t11-,12-/m1/s1. The second-order valence-corrected chi connectivity index (χ2v) is 3.63. The van der Waals surface area contributed by atoms with E-state index in [1.807, 2.05) is 6.07 Å². The van der Waals surface area contributed by atoms with Gasteiger partial charge >= 0.3 is 0 Å². The smallest absolute Gasteiger partial charge is 0.158 e. The largest absolute Gasteiger partial charge is 0.356 e. The summed E-state index contributed by atoms with van der Waals surface area (Å²) in [6, 6.07) is 10.4. The van der Waals surface area contributed by atoms with Crippen LogP contribution in [0.2, 0.25) is 0 Å². The van der Waals surface area contributed by atoms with E-state index in [1.54, 1.807) is 7.11 Å². The Kier molecular flexibility index (Phi) is 3.17. The molecular weight excluding hydrogens is 176 g/mol. The minimum atomic E-state index is -0.0195. The molecule has 0 unspecified atom stereocenters. The fourth-order valence-corrected chi connectivity index (χ4v) is 1.88. The second-order valence-electron chi connectivity index (χ2n) is 3.63. The molecule has 2 atom stereocenters. The van der Waals surface area contributed by atoms with Gasteiger partial charge in [-0.15, -0.1) is 0 Å². The summed E-state index contributed by atoms with van der Waals surface area (Å²) in [6.45, 7) is 0. The highest BCUT2D eigenvalue weighted by Crippen LogP contribution is 2.30. The van der Waals surface area contributed by atoms with Gasteiger partial charge in [-0.2, -0.15) is 0 Å². The molecule has 0 aromatic heterocycles. The number of hydrogen-bond donors (Lipinski definition) is 0. The van der Waals surface area contributed by atoms with Gasteiger partial charge in [-0.3, -0.25) is 0 Å². The fraction of sp³-hybridized carbons (Fsp3) is 0.500. The molecule has 0 N–H and O–H groups in total. The first-order valence-electron chi connectivity index (χ1n) is 5.13. The molecule has 76 valence electrons. The Balaban J connectivity index is 2.04. The SMILES string of the molecule is CO[C@H]1CCC[C@H](c2ccccc2)O1. The van der Waals surface area contributed by atoms with Crippen molar-refractivity contribution in [1.29, 1.82) is 0 Å². The molecular formula is C12H16O2. The van der Waals surface area contributed by atoms with E-state index < -0.39 is 0 Å². The Hall–Kier alpha value is -0.860. The topological polar surface area (TPSA) is 18.5 Å². The third-order valence-corrected chi connectivity index (χ3v) is 2.66. The van der Waals surface area contributed by atoms with E-state index in [4.69, 9.17) is 9.47 Å². The summed E-state index contributed by atoms with van der Waals surface area (Å²) in [5, 5.41) is 0. The first kappa shape index (κ1) is 9.69. The lowest BCUT2D eigenvalue weighted by Crippen LogP contribution is -2.23. The molecule has 1 aliphatic rings. The van der Waals surface area contributed by atoms with Gasteiger partial charge in [0.2, 0.25) is 0 Å². The molecule has 2 rings (SSSR count). The van der Waals surface area contributed by atoms with E-state index in [0.717, 1.165) is 12.8 Å². The molecule has 1 fully saturated rings. The molecule has 1 saturated heterocycles. The van der Waals surface area contributed by atoms with Gasteiger partial charge in [0, 0.05) is 7.11 Å². The summed E-state index contributed by atoms with van der Waals surface area (Å²) < 4.78 is 11.0. The lowest BCUT2D eigenvalue weighted by molar-refractivity contribution is -0.182. The zero-order valence-electron chi connectivity index (χ0n) is 8.48. The van der Waals surface area contributed by atoms with Crippen molar-refractivity contribution in [2.75, 3.05) is 7.11 Å². The van der Waals surface area contributed by atoms with Crippen LogP contribution in [0.1, 0.15) is 30.9 Å². The Morgan fingerprint density at radius 3 is 2.71 bits per heavy atom. The molecule has 2 nitrogen and oxygen atoms in total. The van der Waals surface area contributed by atoms with Gasteiger partial charge in [-0.05, 0) is 24.8 Å². The maximum atomic E-state index is 5.80. The number of benzene rings is 1. The predicted octanol–water partition coefficient (Wildman–Crippen LogP) is 2.90. The van der Waals surface area contributed by atoms with Crippen LogP contribution in [0.3, 0.4) is 0 Å². The molecule has 0 spiro atoms. The van der Waals surface area contributed by atoms with Crippen LogP contribution in [0, 0.1) is 0 Å². The maximum absolute atomic E-state index is 5.80. The van der Waals surface area contributed by atoms with Crippen molar-refractivity contribution in [2.24, 2.45) is 0 Å². The molecule has 0 radical (unpaired) electrons. The maximum Gasteiger partial charge on any atom is 0.158 e. The van der Waals surface area contributed by atoms with Crippen molar-refractivity contribution in [3.63, 3.8) is 0 Å². The Labute approximate surface area is 84.8 Å². The van der Waals surface area contributed by atoms with Crippen LogP contribution in [0.25, 0.3) is 0 Å². The molecule has 0 aliphatic carbocycles. The summed E-state index contributed by atoms with van der Waals surface area (Å²) in [7, 11) is 1.71. The first-order chi connectivity index (χ1) is 6.90. The molecule has 14 heavy (non-hydrogen) atoms. The molecule has 0 saturated carbocycles. The third-order valence-electron chi connectivity index (χ3n) is 2.66. The molecule has 1 aromatic carbocycles. The normalized spacial score (nSPS) is 27.5. The third kappa shape index (κ3) is 2.14. The van der Waals surface area contributed by atoms with Crippen LogP contribution in [-0.2, 0) is 9.47 Å². The first-order valence-corrected chi connectivity index (χ1v) is 5.13. The average Bonchev–Trinajstić information content (AvgIpc) is 2.30. The monoisotopic (exact) mass is 192 g/mol. The number of methoxy groups -OCH3 is 1. The Morgan fingerprint density at radius 1 is 1.21 bits per heavy atom. The van der Waals surface area contributed by atoms with E-state index >= 15 is 0 Å². The van der Waals surface area contributed by atoms with Crippen molar-refractivity contribution in [3.05, 3.63) is 35.9 Å². The van der Waals surface area contributed by atoms with Crippen molar-refractivity contribution in [3.8, 4) is 0 Å². The van der Waals surface area contributed by atoms with E-state index in [0.29, 0.717) is 0 Å².